The smallest absolute Gasteiger partial charge is 0.0465 e. The Hall–Kier alpha value is -0.0800. The zero-order chi connectivity index (χ0) is 11.2. The van der Waals surface area contributed by atoms with Crippen molar-refractivity contribution < 1.29 is 10.2 Å². The Balaban J connectivity index is 4.24. The summed E-state index contributed by atoms with van der Waals surface area (Å²) in [5, 5.41) is 18.2. The van der Waals surface area contributed by atoms with Crippen molar-refractivity contribution in [1.29, 1.82) is 0 Å². The lowest BCUT2D eigenvalue weighted by Crippen LogP contribution is -2.29. The molecule has 0 aromatic heterocycles. The van der Waals surface area contributed by atoms with E-state index in [4.69, 9.17) is 5.11 Å². The number of rotatable bonds is 7. The van der Waals surface area contributed by atoms with Gasteiger partial charge in [-0.3, -0.25) is 0 Å². The van der Waals surface area contributed by atoms with Crippen LogP contribution in [0.25, 0.3) is 0 Å². The molecule has 0 aromatic carbocycles. The van der Waals surface area contributed by atoms with Crippen LogP contribution in [0.15, 0.2) is 0 Å². The average molecular weight is 202 g/mol. The molecule has 14 heavy (non-hydrogen) atoms. The van der Waals surface area contributed by atoms with Crippen molar-refractivity contribution in [2.24, 2.45) is 17.3 Å². The second kappa shape index (κ2) is 6.41. The molecular weight excluding hydrogens is 176 g/mol. The molecule has 0 fully saturated rings. The molecule has 0 aromatic rings. The van der Waals surface area contributed by atoms with Gasteiger partial charge in [-0.15, -0.1) is 0 Å². The fourth-order valence-corrected chi connectivity index (χ4v) is 2.09. The topological polar surface area (TPSA) is 40.5 Å². The maximum atomic E-state index is 9.27. The highest BCUT2D eigenvalue weighted by Crippen LogP contribution is 2.36. The standard InChI is InChI=1S/C12H26O2/c1-5-10(2)8-12(3,4)11(9-14)6-7-13/h10-11,13-14H,5-9H2,1-4H3/t10-,11?/m0/s1. The largest absolute Gasteiger partial charge is 0.396 e. The SMILES string of the molecule is CC[C@H](C)CC(C)(C)C(CO)CCO. The van der Waals surface area contributed by atoms with Crippen LogP contribution in [-0.4, -0.2) is 23.4 Å². The summed E-state index contributed by atoms with van der Waals surface area (Å²) in [7, 11) is 0. The van der Waals surface area contributed by atoms with Gasteiger partial charge in [0.15, 0.2) is 0 Å². The van der Waals surface area contributed by atoms with Gasteiger partial charge in [-0.1, -0.05) is 34.1 Å². The Morgan fingerprint density at radius 1 is 1.21 bits per heavy atom. The summed E-state index contributed by atoms with van der Waals surface area (Å²) in [6, 6.07) is 0. The van der Waals surface area contributed by atoms with Gasteiger partial charge in [0, 0.05) is 13.2 Å². The molecule has 0 aliphatic rings. The van der Waals surface area contributed by atoms with Crippen LogP contribution in [0.5, 0.6) is 0 Å². The average Bonchev–Trinajstić information content (AvgIpc) is 2.12. The first-order valence-corrected chi connectivity index (χ1v) is 5.69. The van der Waals surface area contributed by atoms with E-state index in [1.807, 2.05) is 0 Å². The van der Waals surface area contributed by atoms with Gasteiger partial charge in [0.2, 0.25) is 0 Å². The Labute approximate surface area is 88.3 Å². The van der Waals surface area contributed by atoms with E-state index in [-0.39, 0.29) is 24.5 Å². The minimum absolute atomic E-state index is 0.132. The first kappa shape index (κ1) is 13.9. The molecule has 0 rings (SSSR count). The molecule has 0 radical (unpaired) electrons. The second-order valence-electron chi connectivity index (χ2n) is 5.10. The second-order valence-corrected chi connectivity index (χ2v) is 5.10. The third-order valence-corrected chi connectivity index (χ3v) is 3.37. The van der Waals surface area contributed by atoms with Crippen molar-refractivity contribution in [2.45, 2.75) is 47.0 Å². The van der Waals surface area contributed by atoms with Crippen LogP contribution in [-0.2, 0) is 0 Å². The van der Waals surface area contributed by atoms with E-state index in [9.17, 15) is 5.11 Å². The van der Waals surface area contributed by atoms with Crippen LogP contribution in [0.2, 0.25) is 0 Å². The molecular formula is C12H26O2. The molecule has 0 aliphatic heterocycles. The summed E-state index contributed by atoms with van der Waals surface area (Å²) in [5.74, 6) is 0.916. The van der Waals surface area contributed by atoms with E-state index in [1.54, 1.807) is 0 Å². The molecule has 86 valence electrons. The van der Waals surface area contributed by atoms with Gasteiger partial charge >= 0.3 is 0 Å². The summed E-state index contributed by atoms with van der Waals surface area (Å²) in [4.78, 5) is 0. The Bertz CT molecular complexity index is 143. The fraction of sp³-hybridized carbons (Fsp3) is 1.00. The molecule has 1 unspecified atom stereocenters. The van der Waals surface area contributed by atoms with E-state index < -0.39 is 0 Å². The Morgan fingerprint density at radius 2 is 1.79 bits per heavy atom. The van der Waals surface area contributed by atoms with Crippen LogP contribution >= 0.6 is 0 Å². The molecule has 0 aliphatic carbocycles. The fourth-order valence-electron chi connectivity index (χ4n) is 2.09. The van der Waals surface area contributed by atoms with Crippen molar-refractivity contribution in [3.8, 4) is 0 Å². The van der Waals surface area contributed by atoms with Crippen LogP contribution in [0.1, 0.15) is 47.0 Å². The highest BCUT2D eigenvalue weighted by Gasteiger charge is 2.29. The van der Waals surface area contributed by atoms with Gasteiger partial charge < -0.3 is 10.2 Å². The van der Waals surface area contributed by atoms with Crippen LogP contribution in [0.3, 0.4) is 0 Å². The lowest BCUT2D eigenvalue weighted by atomic mass is 9.71. The number of hydrogen-bond acceptors (Lipinski definition) is 2. The molecule has 0 heterocycles. The maximum Gasteiger partial charge on any atom is 0.0465 e. The molecule has 2 atom stereocenters. The summed E-state index contributed by atoms with van der Waals surface area (Å²) >= 11 is 0. The molecule has 2 nitrogen and oxygen atoms in total. The molecule has 0 amide bonds. The van der Waals surface area contributed by atoms with Crippen LogP contribution < -0.4 is 0 Å². The van der Waals surface area contributed by atoms with Crippen LogP contribution in [0.4, 0.5) is 0 Å². The minimum Gasteiger partial charge on any atom is -0.396 e. The molecule has 2 N–H and O–H groups in total. The summed E-state index contributed by atoms with van der Waals surface area (Å²) < 4.78 is 0. The van der Waals surface area contributed by atoms with Gasteiger partial charge in [-0.2, -0.15) is 0 Å². The van der Waals surface area contributed by atoms with Gasteiger partial charge in [0.1, 0.15) is 0 Å². The first-order chi connectivity index (χ1) is 6.47. The predicted octanol–water partition coefficient (Wildman–Crippen LogP) is 2.44. The molecule has 0 spiro atoms. The lowest BCUT2D eigenvalue weighted by Gasteiger charge is -2.35. The van der Waals surface area contributed by atoms with Crippen molar-refractivity contribution in [1.82, 2.24) is 0 Å². The maximum absolute atomic E-state index is 9.27. The molecule has 0 saturated heterocycles. The van der Waals surface area contributed by atoms with Crippen LogP contribution in [0, 0.1) is 17.3 Å². The highest BCUT2D eigenvalue weighted by molar-refractivity contribution is 4.79. The number of aliphatic hydroxyl groups excluding tert-OH is 2. The Kier molecular flexibility index (Phi) is 6.38. The van der Waals surface area contributed by atoms with E-state index in [0.29, 0.717) is 12.3 Å². The quantitative estimate of drug-likeness (QED) is 0.665. The van der Waals surface area contributed by atoms with Crippen molar-refractivity contribution >= 4 is 0 Å². The van der Waals surface area contributed by atoms with Crippen molar-refractivity contribution in [3.05, 3.63) is 0 Å². The van der Waals surface area contributed by atoms with E-state index in [1.165, 1.54) is 6.42 Å². The van der Waals surface area contributed by atoms with Gasteiger partial charge in [-0.05, 0) is 30.1 Å². The van der Waals surface area contributed by atoms with E-state index in [0.717, 1.165) is 6.42 Å². The monoisotopic (exact) mass is 202 g/mol. The van der Waals surface area contributed by atoms with Crippen molar-refractivity contribution in [3.63, 3.8) is 0 Å². The zero-order valence-electron chi connectivity index (χ0n) is 10.1. The summed E-state index contributed by atoms with van der Waals surface area (Å²) in [6.07, 6.45) is 3.01. The van der Waals surface area contributed by atoms with Gasteiger partial charge in [0.25, 0.3) is 0 Å². The molecule has 0 bridgehead atoms. The van der Waals surface area contributed by atoms with E-state index in [2.05, 4.69) is 27.7 Å². The van der Waals surface area contributed by atoms with Gasteiger partial charge in [0.05, 0.1) is 0 Å². The number of hydrogen-bond donors (Lipinski definition) is 2. The third-order valence-electron chi connectivity index (χ3n) is 3.37. The summed E-state index contributed by atoms with van der Waals surface area (Å²) in [6.45, 7) is 9.18. The van der Waals surface area contributed by atoms with E-state index >= 15 is 0 Å². The number of aliphatic hydroxyl groups is 2. The predicted molar refractivity (Wildman–Crippen MR) is 60.1 cm³/mol. The summed E-state index contributed by atoms with van der Waals surface area (Å²) in [5.41, 5.74) is 0.132. The zero-order valence-corrected chi connectivity index (χ0v) is 10.1. The van der Waals surface area contributed by atoms with Crippen molar-refractivity contribution in [2.75, 3.05) is 13.2 Å². The highest BCUT2D eigenvalue weighted by atomic mass is 16.3. The molecule has 0 saturated carbocycles. The minimum atomic E-state index is 0.132. The molecule has 2 heteroatoms. The first-order valence-electron chi connectivity index (χ1n) is 5.69. The van der Waals surface area contributed by atoms with Gasteiger partial charge in [-0.25, -0.2) is 0 Å². The Morgan fingerprint density at radius 3 is 2.14 bits per heavy atom. The third kappa shape index (κ3) is 4.43. The lowest BCUT2D eigenvalue weighted by molar-refractivity contribution is 0.0718. The normalized spacial score (nSPS) is 16.7.